The lowest BCUT2D eigenvalue weighted by Gasteiger charge is -2.09. The van der Waals surface area contributed by atoms with Crippen LogP contribution in [0.4, 0.5) is 5.69 Å². The number of aryl methyl sites for hydroxylation is 1. The number of rotatable bonds is 2. The molecule has 0 fully saturated rings. The molecule has 0 aliphatic rings. The Labute approximate surface area is 120 Å². The average Bonchev–Trinajstić information content (AvgIpc) is 2.33. The first-order valence-corrected chi connectivity index (χ1v) is 6.67. The molecule has 2 aromatic carbocycles. The van der Waals surface area contributed by atoms with E-state index in [1.54, 1.807) is 6.07 Å². The Morgan fingerprint density at radius 3 is 2.61 bits per heavy atom. The van der Waals surface area contributed by atoms with Gasteiger partial charge in [-0.25, -0.2) is 0 Å². The quantitative estimate of drug-likeness (QED) is 0.793. The molecular weight excluding hydrogens is 310 g/mol. The Hall–Kier alpha value is -1.26. The molecule has 0 aliphatic carbocycles. The van der Waals surface area contributed by atoms with Crippen LogP contribution in [0.3, 0.4) is 0 Å². The highest BCUT2D eigenvalue weighted by molar-refractivity contribution is 9.10. The van der Waals surface area contributed by atoms with Gasteiger partial charge in [0.25, 0.3) is 5.91 Å². The molecule has 2 nitrogen and oxygen atoms in total. The van der Waals surface area contributed by atoms with Crippen LogP contribution in [0, 0.1) is 6.92 Å². The molecule has 0 radical (unpaired) electrons. The van der Waals surface area contributed by atoms with E-state index in [1.165, 1.54) is 0 Å². The molecule has 0 saturated heterocycles. The van der Waals surface area contributed by atoms with Crippen molar-refractivity contribution in [3.05, 3.63) is 58.1 Å². The highest BCUT2D eigenvalue weighted by Gasteiger charge is 2.10. The molecule has 2 rings (SSSR count). The van der Waals surface area contributed by atoms with Crippen molar-refractivity contribution in [2.24, 2.45) is 0 Å². The van der Waals surface area contributed by atoms with Gasteiger partial charge in [-0.15, -0.1) is 12.6 Å². The lowest BCUT2D eigenvalue weighted by atomic mass is 10.2. The van der Waals surface area contributed by atoms with Crippen LogP contribution in [0.25, 0.3) is 0 Å². The number of carbonyl (C=O) groups excluding carboxylic acids is 1. The zero-order chi connectivity index (χ0) is 13.1. The second-order valence-electron chi connectivity index (χ2n) is 3.95. The number of hydrogen-bond acceptors (Lipinski definition) is 2. The van der Waals surface area contributed by atoms with Crippen LogP contribution in [-0.2, 0) is 0 Å². The van der Waals surface area contributed by atoms with E-state index < -0.39 is 0 Å². The second-order valence-corrected chi connectivity index (χ2v) is 5.29. The fourth-order valence-electron chi connectivity index (χ4n) is 1.58. The van der Waals surface area contributed by atoms with Gasteiger partial charge in [-0.2, -0.15) is 0 Å². The summed E-state index contributed by atoms with van der Waals surface area (Å²) >= 11 is 7.71. The van der Waals surface area contributed by atoms with Gasteiger partial charge in [0.1, 0.15) is 0 Å². The van der Waals surface area contributed by atoms with Gasteiger partial charge in [-0.1, -0.05) is 18.2 Å². The molecule has 0 bridgehead atoms. The van der Waals surface area contributed by atoms with Gasteiger partial charge in [0.15, 0.2) is 0 Å². The average molecular weight is 322 g/mol. The predicted octanol–water partition coefficient (Wildman–Crippen LogP) is 4.30. The van der Waals surface area contributed by atoms with Crippen molar-refractivity contribution in [1.29, 1.82) is 0 Å². The predicted molar refractivity (Wildman–Crippen MR) is 80.5 cm³/mol. The molecule has 0 atom stereocenters. The molecule has 2 aromatic rings. The number of benzene rings is 2. The van der Waals surface area contributed by atoms with Gasteiger partial charge in [0.2, 0.25) is 0 Å². The summed E-state index contributed by atoms with van der Waals surface area (Å²) < 4.78 is 0.773. The molecule has 0 aromatic heterocycles. The SMILES string of the molecule is Cc1ccc(NC(=O)c2ccccc2Br)c(S)c1. The maximum atomic E-state index is 12.1. The Morgan fingerprint density at radius 1 is 1.22 bits per heavy atom. The smallest absolute Gasteiger partial charge is 0.256 e. The number of anilines is 1. The number of halogens is 1. The van der Waals surface area contributed by atoms with E-state index >= 15 is 0 Å². The van der Waals surface area contributed by atoms with Crippen LogP contribution in [0.2, 0.25) is 0 Å². The first-order chi connectivity index (χ1) is 8.58. The lowest BCUT2D eigenvalue weighted by molar-refractivity contribution is 0.102. The minimum atomic E-state index is -0.151. The molecular formula is C14H12BrNOS. The standard InChI is InChI=1S/C14H12BrNOS/c1-9-6-7-12(13(18)8-9)16-14(17)10-4-2-3-5-11(10)15/h2-8,18H,1H3,(H,16,17). The van der Waals surface area contributed by atoms with Crippen LogP contribution in [0.15, 0.2) is 51.8 Å². The van der Waals surface area contributed by atoms with Crippen LogP contribution >= 0.6 is 28.6 Å². The van der Waals surface area contributed by atoms with Crippen molar-refractivity contribution >= 4 is 40.2 Å². The molecule has 0 spiro atoms. The van der Waals surface area contributed by atoms with Crippen LogP contribution < -0.4 is 5.32 Å². The fourth-order valence-corrected chi connectivity index (χ4v) is 2.38. The summed E-state index contributed by atoms with van der Waals surface area (Å²) in [5.74, 6) is -0.151. The third-order valence-corrected chi connectivity index (χ3v) is 3.58. The van der Waals surface area contributed by atoms with E-state index in [2.05, 4.69) is 33.9 Å². The second kappa shape index (κ2) is 5.59. The van der Waals surface area contributed by atoms with Crippen molar-refractivity contribution in [2.45, 2.75) is 11.8 Å². The molecule has 0 heterocycles. The third kappa shape index (κ3) is 2.94. The van der Waals surface area contributed by atoms with Crippen molar-refractivity contribution in [3.63, 3.8) is 0 Å². The summed E-state index contributed by atoms with van der Waals surface area (Å²) in [7, 11) is 0. The Balaban J connectivity index is 2.24. The van der Waals surface area contributed by atoms with Gasteiger partial charge >= 0.3 is 0 Å². The summed E-state index contributed by atoms with van der Waals surface area (Å²) in [6, 6.07) is 13.0. The highest BCUT2D eigenvalue weighted by Crippen LogP contribution is 2.23. The van der Waals surface area contributed by atoms with Gasteiger partial charge in [-0.3, -0.25) is 4.79 Å². The number of nitrogens with one attached hydrogen (secondary N) is 1. The minimum absolute atomic E-state index is 0.151. The van der Waals surface area contributed by atoms with Crippen LogP contribution in [0.5, 0.6) is 0 Å². The summed E-state index contributed by atoms with van der Waals surface area (Å²) in [6.07, 6.45) is 0. The molecule has 0 saturated carbocycles. The largest absolute Gasteiger partial charge is 0.321 e. The third-order valence-electron chi connectivity index (χ3n) is 2.52. The van der Waals surface area contributed by atoms with Crippen molar-refractivity contribution in [1.82, 2.24) is 0 Å². The number of amides is 1. The van der Waals surface area contributed by atoms with Gasteiger partial charge < -0.3 is 5.32 Å². The summed E-state index contributed by atoms with van der Waals surface area (Å²) in [5, 5.41) is 2.85. The van der Waals surface area contributed by atoms with E-state index in [0.717, 1.165) is 14.9 Å². The molecule has 92 valence electrons. The Bertz CT molecular complexity index is 598. The van der Waals surface area contributed by atoms with E-state index in [4.69, 9.17) is 0 Å². The van der Waals surface area contributed by atoms with E-state index in [-0.39, 0.29) is 5.91 Å². The van der Waals surface area contributed by atoms with E-state index in [9.17, 15) is 4.79 Å². The number of thiol groups is 1. The van der Waals surface area contributed by atoms with E-state index in [0.29, 0.717) is 11.3 Å². The topological polar surface area (TPSA) is 29.1 Å². The maximum Gasteiger partial charge on any atom is 0.256 e. The zero-order valence-corrected chi connectivity index (χ0v) is 12.3. The highest BCUT2D eigenvalue weighted by atomic mass is 79.9. The first kappa shape index (κ1) is 13.2. The molecule has 18 heavy (non-hydrogen) atoms. The fraction of sp³-hybridized carbons (Fsp3) is 0.0714. The monoisotopic (exact) mass is 321 g/mol. The van der Waals surface area contributed by atoms with Crippen LogP contribution in [0.1, 0.15) is 15.9 Å². The Morgan fingerprint density at radius 2 is 1.94 bits per heavy atom. The number of carbonyl (C=O) groups is 1. The minimum Gasteiger partial charge on any atom is -0.321 e. The lowest BCUT2D eigenvalue weighted by Crippen LogP contribution is -2.12. The van der Waals surface area contributed by atoms with Crippen LogP contribution in [-0.4, -0.2) is 5.91 Å². The molecule has 4 heteroatoms. The Kier molecular flexibility index (Phi) is 4.09. The molecule has 0 aliphatic heterocycles. The summed E-state index contributed by atoms with van der Waals surface area (Å²) in [6.45, 7) is 1.99. The summed E-state index contributed by atoms with van der Waals surface area (Å²) in [4.78, 5) is 12.9. The van der Waals surface area contributed by atoms with E-state index in [1.807, 2.05) is 43.3 Å². The van der Waals surface area contributed by atoms with Crippen molar-refractivity contribution in [3.8, 4) is 0 Å². The molecule has 1 amide bonds. The van der Waals surface area contributed by atoms with Crippen molar-refractivity contribution < 1.29 is 4.79 Å². The van der Waals surface area contributed by atoms with Gasteiger partial charge in [0.05, 0.1) is 11.3 Å². The van der Waals surface area contributed by atoms with Gasteiger partial charge in [0, 0.05) is 9.37 Å². The van der Waals surface area contributed by atoms with Crippen molar-refractivity contribution in [2.75, 3.05) is 5.32 Å². The normalized spacial score (nSPS) is 10.2. The summed E-state index contributed by atoms with van der Waals surface area (Å²) in [5.41, 5.74) is 2.43. The van der Waals surface area contributed by atoms with Gasteiger partial charge in [-0.05, 0) is 52.7 Å². The zero-order valence-electron chi connectivity index (χ0n) is 9.77. The first-order valence-electron chi connectivity index (χ1n) is 5.43. The molecule has 1 N–H and O–H groups in total. The number of hydrogen-bond donors (Lipinski definition) is 2. The maximum absolute atomic E-state index is 12.1. The molecule has 0 unspecified atom stereocenters.